The molecule has 0 aliphatic carbocycles. The van der Waals surface area contributed by atoms with Gasteiger partial charge < -0.3 is 15.0 Å². The van der Waals surface area contributed by atoms with Crippen LogP contribution >= 0.6 is 11.6 Å². The van der Waals surface area contributed by atoms with E-state index < -0.39 is 0 Å². The van der Waals surface area contributed by atoms with Crippen molar-refractivity contribution in [2.75, 3.05) is 6.61 Å². The third kappa shape index (κ3) is 4.03. The Morgan fingerprint density at radius 2 is 1.97 bits per heavy atom. The van der Waals surface area contributed by atoms with Gasteiger partial charge in [0.1, 0.15) is 23.9 Å². The molecular formula is C22H22ClN5O. The van der Waals surface area contributed by atoms with Crippen molar-refractivity contribution in [1.29, 1.82) is 0 Å². The van der Waals surface area contributed by atoms with Crippen LogP contribution in [0.4, 0.5) is 0 Å². The molecule has 1 aliphatic rings. The van der Waals surface area contributed by atoms with E-state index in [9.17, 15) is 0 Å². The van der Waals surface area contributed by atoms with Crippen molar-refractivity contribution in [2.24, 2.45) is 15.7 Å². The Morgan fingerprint density at radius 3 is 2.69 bits per heavy atom. The Hall–Kier alpha value is -3.12. The quantitative estimate of drug-likeness (QED) is 0.516. The average molecular weight is 408 g/mol. The molecule has 148 valence electrons. The monoisotopic (exact) mass is 407 g/mol. The first-order valence-corrected chi connectivity index (χ1v) is 9.85. The number of amidine groups is 1. The SMILES string of the molecule is CC(C)N=C(N=CN)c1cn2c(n1)-c1ccc(-c3ccc(Cl)cc3)cc1OCC2. The Morgan fingerprint density at radius 1 is 1.21 bits per heavy atom. The first-order valence-electron chi connectivity index (χ1n) is 9.48. The molecule has 0 unspecified atom stereocenters. The lowest BCUT2D eigenvalue weighted by Crippen LogP contribution is -2.07. The highest BCUT2D eigenvalue weighted by Crippen LogP contribution is 2.36. The summed E-state index contributed by atoms with van der Waals surface area (Å²) in [5, 5.41) is 0.716. The summed E-state index contributed by atoms with van der Waals surface area (Å²) in [5.74, 6) is 2.17. The Balaban J connectivity index is 1.76. The minimum atomic E-state index is 0.0905. The predicted octanol–water partition coefficient (Wildman–Crippen LogP) is 4.40. The molecular weight excluding hydrogens is 386 g/mol. The maximum atomic E-state index is 6.02. The average Bonchev–Trinajstić information content (AvgIpc) is 3.04. The molecule has 0 bridgehead atoms. The van der Waals surface area contributed by atoms with Crippen molar-refractivity contribution in [3.05, 3.63) is 59.4 Å². The number of ether oxygens (including phenoxy) is 1. The molecule has 1 aromatic heterocycles. The summed E-state index contributed by atoms with van der Waals surface area (Å²) in [7, 11) is 0. The Kier molecular flexibility index (Phi) is 5.36. The van der Waals surface area contributed by atoms with Crippen molar-refractivity contribution in [3.8, 4) is 28.3 Å². The van der Waals surface area contributed by atoms with Crippen LogP contribution in [0.25, 0.3) is 22.5 Å². The van der Waals surface area contributed by atoms with Crippen molar-refractivity contribution < 1.29 is 4.74 Å². The molecule has 2 aromatic carbocycles. The minimum absolute atomic E-state index is 0.0905. The van der Waals surface area contributed by atoms with Gasteiger partial charge in [-0.05, 0) is 49.2 Å². The zero-order chi connectivity index (χ0) is 20.4. The van der Waals surface area contributed by atoms with Crippen LogP contribution in [0.3, 0.4) is 0 Å². The van der Waals surface area contributed by atoms with Crippen LogP contribution in [0.1, 0.15) is 19.5 Å². The number of nitrogens with two attached hydrogens (primary N) is 1. The molecule has 0 saturated carbocycles. The molecule has 0 amide bonds. The number of imidazole rings is 1. The number of nitrogens with zero attached hydrogens (tertiary/aromatic N) is 4. The summed E-state index contributed by atoms with van der Waals surface area (Å²) in [4.78, 5) is 13.5. The molecule has 29 heavy (non-hydrogen) atoms. The van der Waals surface area contributed by atoms with E-state index >= 15 is 0 Å². The van der Waals surface area contributed by atoms with Gasteiger partial charge in [0, 0.05) is 17.3 Å². The number of aliphatic imine (C=N–C) groups is 2. The predicted molar refractivity (Wildman–Crippen MR) is 118 cm³/mol. The molecule has 4 rings (SSSR count). The highest BCUT2D eigenvalue weighted by Gasteiger charge is 2.21. The van der Waals surface area contributed by atoms with Gasteiger partial charge in [-0.3, -0.25) is 4.99 Å². The van der Waals surface area contributed by atoms with Gasteiger partial charge in [0.05, 0.1) is 18.4 Å². The Bertz CT molecular complexity index is 1080. The van der Waals surface area contributed by atoms with E-state index in [-0.39, 0.29) is 6.04 Å². The molecule has 1 aliphatic heterocycles. The number of halogens is 1. The van der Waals surface area contributed by atoms with E-state index in [1.807, 2.05) is 56.4 Å². The van der Waals surface area contributed by atoms with Crippen molar-refractivity contribution in [1.82, 2.24) is 9.55 Å². The molecule has 6 nitrogen and oxygen atoms in total. The fourth-order valence-electron chi connectivity index (χ4n) is 3.29. The normalized spacial score (nSPS) is 13.9. The van der Waals surface area contributed by atoms with Crippen molar-refractivity contribution >= 4 is 23.8 Å². The number of hydrogen-bond donors (Lipinski definition) is 1. The van der Waals surface area contributed by atoms with Crippen LogP contribution in [0.15, 0.2) is 58.6 Å². The van der Waals surface area contributed by atoms with E-state index in [1.54, 1.807) is 0 Å². The van der Waals surface area contributed by atoms with Gasteiger partial charge in [0.2, 0.25) is 0 Å². The van der Waals surface area contributed by atoms with Gasteiger partial charge in [-0.1, -0.05) is 29.8 Å². The summed E-state index contributed by atoms with van der Waals surface area (Å²) in [6.45, 7) is 5.23. The summed E-state index contributed by atoms with van der Waals surface area (Å²) < 4.78 is 8.10. The molecule has 7 heteroatoms. The summed E-state index contributed by atoms with van der Waals surface area (Å²) >= 11 is 6.01. The van der Waals surface area contributed by atoms with Crippen molar-refractivity contribution in [2.45, 2.75) is 26.4 Å². The van der Waals surface area contributed by atoms with Crippen LogP contribution in [-0.2, 0) is 6.54 Å². The first-order chi connectivity index (χ1) is 14.0. The second kappa shape index (κ2) is 8.09. The number of fused-ring (bicyclic) bond motifs is 3. The zero-order valence-corrected chi connectivity index (χ0v) is 17.1. The van der Waals surface area contributed by atoms with Gasteiger partial charge in [-0.25, -0.2) is 9.98 Å². The van der Waals surface area contributed by atoms with E-state index in [1.165, 1.54) is 6.34 Å². The van der Waals surface area contributed by atoms with Gasteiger partial charge >= 0.3 is 0 Å². The number of aromatic nitrogens is 2. The molecule has 0 atom stereocenters. The number of rotatable bonds is 3. The van der Waals surface area contributed by atoms with Gasteiger partial charge in [0.25, 0.3) is 0 Å². The third-order valence-corrected chi connectivity index (χ3v) is 4.82. The van der Waals surface area contributed by atoms with Gasteiger partial charge in [-0.2, -0.15) is 0 Å². The fraction of sp³-hybridized carbons (Fsp3) is 0.227. The topological polar surface area (TPSA) is 77.8 Å². The first kappa shape index (κ1) is 19.2. The van der Waals surface area contributed by atoms with Crippen LogP contribution in [-0.4, -0.2) is 34.4 Å². The van der Waals surface area contributed by atoms with Crippen LogP contribution < -0.4 is 10.5 Å². The lowest BCUT2D eigenvalue weighted by Gasteiger charge is -2.09. The minimum Gasteiger partial charge on any atom is -0.491 e. The lowest BCUT2D eigenvalue weighted by molar-refractivity contribution is 0.307. The molecule has 0 saturated heterocycles. The maximum absolute atomic E-state index is 6.02. The highest BCUT2D eigenvalue weighted by molar-refractivity contribution is 6.30. The summed E-state index contributed by atoms with van der Waals surface area (Å²) in [6, 6.07) is 14.0. The van der Waals surface area contributed by atoms with Crippen LogP contribution in [0, 0.1) is 0 Å². The van der Waals surface area contributed by atoms with Crippen LogP contribution in [0.5, 0.6) is 5.75 Å². The molecule has 2 heterocycles. The Labute approximate surface area is 174 Å². The largest absolute Gasteiger partial charge is 0.491 e. The second-order valence-corrected chi connectivity index (χ2v) is 7.47. The van der Waals surface area contributed by atoms with Gasteiger partial charge in [-0.15, -0.1) is 0 Å². The third-order valence-electron chi connectivity index (χ3n) is 4.57. The molecule has 3 aromatic rings. The summed E-state index contributed by atoms with van der Waals surface area (Å²) in [6.07, 6.45) is 3.20. The number of benzene rings is 2. The van der Waals surface area contributed by atoms with E-state index in [0.717, 1.165) is 28.3 Å². The van der Waals surface area contributed by atoms with E-state index in [4.69, 9.17) is 27.1 Å². The smallest absolute Gasteiger partial charge is 0.176 e. The molecule has 0 fully saturated rings. The highest BCUT2D eigenvalue weighted by atomic mass is 35.5. The number of hydrogen-bond acceptors (Lipinski definition) is 3. The second-order valence-electron chi connectivity index (χ2n) is 7.03. The standard InChI is InChI=1S/C22H22ClN5O/c1-14(2)26-21(25-13-24)19-12-28-9-10-29-20-11-16(5-8-18(20)22(28)27-19)15-3-6-17(23)7-4-15/h3-8,11-14H,9-10H2,1-2H3,(H2,24,25,26). The van der Waals surface area contributed by atoms with Crippen molar-refractivity contribution in [3.63, 3.8) is 0 Å². The van der Waals surface area contributed by atoms with E-state index in [2.05, 4.69) is 20.6 Å². The zero-order valence-electron chi connectivity index (χ0n) is 16.3. The van der Waals surface area contributed by atoms with Crippen LogP contribution in [0.2, 0.25) is 5.02 Å². The molecule has 0 spiro atoms. The fourth-order valence-corrected chi connectivity index (χ4v) is 3.42. The summed E-state index contributed by atoms with van der Waals surface area (Å²) in [5.41, 5.74) is 9.29. The van der Waals surface area contributed by atoms with E-state index in [0.29, 0.717) is 29.7 Å². The lowest BCUT2D eigenvalue weighted by atomic mass is 10.0. The van der Waals surface area contributed by atoms with Gasteiger partial charge in [0.15, 0.2) is 5.84 Å². The maximum Gasteiger partial charge on any atom is 0.176 e. The molecule has 2 N–H and O–H groups in total. The molecule has 0 radical (unpaired) electrons.